The van der Waals surface area contributed by atoms with Gasteiger partial charge in [-0.3, -0.25) is 9.52 Å². The van der Waals surface area contributed by atoms with E-state index >= 15 is 0 Å². The number of nitrogens with one attached hydrogen (secondary N) is 2. The van der Waals surface area contributed by atoms with Gasteiger partial charge in [-0.15, -0.1) is 0 Å². The van der Waals surface area contributed by atoms with Crippen molar-refractivity contribution in [2.45, 2.75) is 32.6 Å². The van der Waals surface area contributed by atoms with Crippen molar-refractivity contribution in [2.75, 3.05) is 16.6 Å². The molecule has 2 N–H and O–H groups in total. The highest BCUT2D eigenvalue weighted by Gasteiger charge is 2.21. The van der Waals surface area contributed by atoms with E-state index in [2.05, 4.69) is 10.0 Å². The summed E-state index contributed by atoms with van der Waals surface area (Å²) in [4.78, 5) is 24.7. The van der Waals surface area contributed by atoms with Crippen LogP contribution in [0.5, 0.6) is 0 Å². The topological polar surface area (TPSA) is 102 Å². The molecule has 0 aliphatic carbocycles. The maximum absolute atomic E-state index is 13.0. The second kappa shape index (κ2) is 10.3. The molecule has 0 saturated heterocycles. The summed E-state index contributed by atoms with van der Waals surface area (Å²) in [7, 11) is -4.06. The van der Waals surface area contributed by atoms with Crippen LogP contribution in [-0.2, 0) is 14.8 Å². The Morgan fingerprint density at radius 2 is 1.56 bits per heavy atom. The van der Waals surface area contributed by atoms with Gasteiger partial charge in [0, 0.05) is 16.9 Å². The van der Waals surface area contributed by atoms with Crippen molar-refractivity contribution >= 4 is 44.9 Å². The van der Waals surface area contributed by atoms with Crippen molar-refractivity contribution in [1.29, 1.82) is 0 Å². The van der Waals surface area contributed by atoms with Crippen LogP contribution in [0, 0.1) is 20.8 Å². The Balaban J connectivity index is 1.88. The van der Waals surface area contributed by atoms with Gasteiger partial charge in [-0.25, -0.2) is 13.2 Å². The molecule has 7 nitrogen and oxygen atoms in total. The average molecular weight is 501 g/mol. The van der Waals surface area contributed by atoms with Gasteiger partial charge in [0.15, 0.2) is 0 Å². The fourth-order valence-electron chi connectivity index (χ4n) is 3.16. The summed E-state index contributed by atoms with van der Waals surface area (Å²) in [5.74, 6) is -1.06. The van der Waals surface area contributed by atoms with Crippen LogP contribution in [0.1, 0.15) is 44.3 Å². The predicted octanol–water partition coefficient (Wildman–Crippen LogP) is 5.50. The van der Waals surface area contributed by atoms with Gasteiger partial charge in [0.1, 0.15) is 4.90 Å². The lowest BCUT2D eigenvalue weighted by molar-refractivity contribution is 0.0526. The number of benzene rings is 3. The van der Waals surface area contributed by atoms with E-state index in [1.54, 1.807) is 38.1 Å². The third kappa shape index (κ3) is 5.76. The molecule has 178 valence electrons. The van der Waals surface area contributed by atoms with Gasteiger partial charge in [0.2, 0.25) is 0 Å². The lowest BCUT2D eigenvalue weighted by atomic mass is 10.1. The predicted molar refractivity (Wildman–Crippen MR) is 133 cm³/mol. The Kier molecular flexibility index (Phi) is 7.64. The molecule has 0 aromatic heterocycles. The van der Waals surface area contributed by atoms with Gasteiger partial charge in [0.05, 0.1) is 17.2 Å². The highest BCUT2D eigenvalue weighted by atomic mass is 35.5. The van der Waals surface area contributed by atoms with E-state index in [0.29, 0.717) is 16.9 Å². The first-order valence-electron chi connectivity index (χ1n) is 10.5. The molecule has 0 bridgehead atoms. The molecule has 0 fully saturated rings. The van der Waals surface area contributed by atoms with Crippen molar-refractivity contribution in [2.24, 2.45) is 0 Å². The summed E-state index contributed by atoms with van der Waals surface area (Å²) >= 11 is 6.18. The molecule has 34 heavy (non-hydrogen) atoms. The van der Waals surface area contributed by atoms with Gasteiger partial charge >= 0.3 is 5.97 Å². The number of anilines is 2. The molecule has 3 rings (SSSR count). The zero-order valence-electron chi connectivity index (χ0n) is 19.2. The third-order valence-corrected chi connectivity index (χ3v) is 7.10. The second-order valence-electron chi connectivity index (χ2n) is 7.75. The molecule has 9 heteroatoms. The molecule has 0 aliphatic rings. The number of ether oxygens (including phenoxy) is 1. The molecule has 0 unspecified atom stereocenters. The number of hydrogen-bond acceptors (Lipinski definition) is 5. The number of sulfonamides is 1. The number of aryl methyl sites for hydroxylation is 3. The lowest BCUT2D eigenvalue weighted by Crippen LogP contribution is -2.17. The Bertz CT molecular complexity index is 1370. The fraction of sp³-hybridized carbons (Fsp3) is 0.200. The van der Waals surface area contributed by atoms with E-state index in [1.165, 1.54) is 24.3 Å². The first kappa shape index (κ1) is 25.3. The van der Waals surface area contributed by atoms with Crippen molar-refractivity contribution in [3.63, 3.8) is 0 Å². The van der Waals surface area contributed by atoms with Crippen LogP contribution >= 0.6 is 11.6 Å². The molecule has 0 heterocycles. The highest BCUT2D eigenvalue weighted by molar-refractivity contribution is 7.92. The SMILES string of the molecule is CCOC(=O)c1ccc(C)c(NC(=O)c2ccc(Cl)c(S(=O)(=O)Nc3ccc(C)c(C)c3)c2)c1. The maximum Gasteiger partial charge on any atom is 0.338 e. The van der Waals surface area contributed by atoms with Gasteiger partial charge in [-0.05, 0) is 86.8 Å². The number of carbonyl (C=O) groups excluding carboxylic acids is 2. The number of esters is 1. The molecular weight excluding hydrogens is 476 g/mol. The summed E-state index contributed by atoms with van der Waals surface area (Å²) in [5.41, 5.74) is 3.86. The third-order valence-electron chi connectivity index (χ3n) is 5.24. The summed E-state index contributed by atoms with van der Waals surface area (Å²) in [6.07, 6.45) is 0. The normalized spacial score (nSPS) is 11.1. The summed E-state index contributed by atoms with van der Waals surface area (Å²) in [6.45, 7) is 7.51. The highest BCUT2D eigenvalue weighted by Crippen LogP contribution is 2.27. The summed E-state index contributed by atoms with van der Waals surface area (Å²) < 4.78 is 33.5. The van der Waals surface area contributed by atoms with Crippen LogP contribution in [0.4, 0.5) is 11.4 Å². The van der Waals surface area contributed by atoms with Gasteiger partial charge in [-0.1, -0.05) is 23.7 Å². The minimum Gasteiger partial charge on any atom is -0.462 e. The number of hydrogen-bond donors (Lipinski definition) is 2. The zero-order chi connectivity index (χ0) is 25.0. The van der Waals surface area contributed by atoms with Gasteiger partial charge in [0.25, 0.3) is 15.9 Å². The number of carbonyl (C=O) groups is 2. The van der Waals surface area contributed by atoms with Crippen molar-refractivity contribution in [1.82, 2.24) is 0 Å². The van der Waals surface area contributed by atoms with Crippen LogP contribution in [0.2, 0.25) is 5.02 Å². The molecular formula is C25H25ClN2O5S. The number of amides is 1. The molecule has 0 saturated carbocycles. The van der Waals surface area contributed by atoms with Crippen molar-refractivity contribution < 1.29 is 22.7 Å². The first-order chi connectivity index (χ1) is 16.0. The van der Waals surface area contributed by atoms with E-state index in [1.807, 2.05) is 19.9 Å². The monoisotopic (exact) mass is 500 g/mol. The lowest BCUT2D eigenvalue weighted by Gasteiger charge is -2.13. The Hall–Kier alpha value is -3.36. The van der Waals surface area contributed by atoms with E-state index in [9.17, 15) is 18.0 Å². The van der Waals surface area contributed by atoms with Crippen molar-refractivity contribution in [3.05, 3.63) is 87.4 Å². The summed E-state index contributed by atoms with van der Waals surface area (Å²) in [6, 6.07) is 14.0. The van der Waals surface area contributed by atoms with Crippen LogP contribution < -0.4 is 10.0 Å². The number of halogens is 1. The molecule has 0 atom stereocenters. The standard InChI is InChI=1S/C25H25ClN2O5S/c1-5-33-25(30)19-8-6-16(3)22(13-19)27-24(29)18-9-11-21(26)23(14-18)34(31,32)28-20-10-7-15(2)17(4)12-20/h6-14,28H,5H2,1-4H3,(H,27,29). The quantitative estimate of drug-likeness (QED) is 0.417. The van der Waals surface area contributed by atoms with Gasteiger partial charge < -0.3 is 10.1 Å². The largest absolute Gasteiger partial charge is 0.462 e. The van der Waals surface area contributed by atoms with Crippen LogP contribution in [0.15, 0.2) is 59.5 Å². The van der Waals surface area contributed by atoms with Crippen LogP contribution in [0.3, 0.4) is 0 Å². The molecule has 0 aliphatic heterocycles. The maximum atomic E-state index is 13.0. The smallest absolute Gasteiger partial charge is 0.338 e. The Labute approximate surface area is 204 Å². The van der Waals surface area contributed by atoms with Crippen LogP contribution in [-0.4, -0.2) is 26.9 Å². The second-order valence-corrected chi connectivity index (χ2v) is 9.81. The molecule has 0 spiro atoms. The van der Waals surface area contributed by atoms with Gasteiger partial charge in [-0.2, -0.15) is 0 Å². The Morgan fingerprint density at radius 3 is 2.24 bits per heavy atom. The zero-order valence-corrected chi connectivity index (χ0v) is 20.8. The number of rotatable bonds is 7. The first-order valence-corrected chi connectivity index (χ1v) is 12.4. The van der Waals surface area contributed by atoms with E-state index in [-0.39, 0.29) is 22.1 Å². The Morgan fingerprint density at radius 1 is 0.882 bits per heavy atom. The summed E-state index contributed by atoms with van der Waals surface area (Å²) in [5, 5.41) is 2.70. The molecule has 0 radical (unpaired) electrons. The minimum absolute atomic E-state index is 0.0200. The van der Waals surface area contributed by atoms with Crippen LogP contribution in [0.25, 0.3) is 0 Å². The van der Waals surface area contributed by atoms with E-state index in [0.717, 1.165) is 16.7 Å². The van der Waals surface area contributed by atoms with E-state index < -0.39 is 21.9 Å². The minimum atomic E-state index is -4.06. The van der Waals surface area contributed by atoms with Crippen molar-refractivity contribution in [3.8, 4) is 0 Å². The average Bonchev–Trinajstić information content (AvgIpc) is 2.77. The fourth-order valence-corrected chi connectivity index (χ4v) is 4.73. The molecule has 3 aromatic rings. The van der Waals surface area contributed by atoms with E-state index in [4.69, 9.17) is 16.3 Å². The molecule has 1 amide bonds. The molecule has 3 aromatic carbocycles.